The van der Waals surface area contributed by atoms with Gasteiger partial charge in [0.05, 0.1) is 12.7 Å². The van der Waals surface area contributed by atoms with E-state index in [2.05, 4.69) is 4.72 Å². The topological polar surface area (TPSA) is 61.9 Å². The van der Waals surface area contributed by atoms with Gasteiger partial charge in [0.25, 0.3) is 10.2 Å². The Labute approximate surface area is 71.9 Å². The molecule has 0 bridgehead atoms. The molecule has 5 nitrogen and oxygen atoms in total. The highest BCUT2D eigenvalue weighted by atomic mass is 32.2. The fourth-order valence-corrected chi connectivity index (χ4v) is 2.47. The summed E-state index contributed by atoms with van der Waals surface area (Å²) in [6, 6.07) is 0. The van der Waals surface area contributed by atoms with Crippen LogP contribution in [0.4, 0.5) is 0 Å². The Kier molecular flexibility index (Phi) is 2.07. The fourth-order valence-electron chi connectivity index (χ4n) is 1.27. The minimum Gasteiger partial charge on any atom is -0.373 e. The Morgan fingerprint density at radius 1 is 1.58 bits per heavy atom. The molecule has 2 rings (SSSR count). The van der Waals surface area contributed by atoms with Crippen LogP contribution in [0.3, 0.4) is 0 Å². The standard InChI is InChI=1S/C6H12N2O3S/c9-12(10)7-2-4-8(12)3-1-6-5-11-6/h6-7H,1-5H2. The van der Waals surface area contributed by atoms with Crippen molar-refractivity contribution >= 4 is 10.2 Å². The van der Waals surface area contributed by atoms with Crippen molar-refractivity contribution in [3.8, 4) is 0 Å². The molecule has 2 aliphatic rings. The molecule has 0 aliphatic carbocycles. The molecule has 2 aliphatic heterocycles. The number of rotatable bonds is 3. The van der Waals surface area contributed by atoms with Gasteiger partial charge in [0, 0.05) is 19.6 Å². The normalized spacial score (nSPS) is 33.8. The summed E-state index contributed by atoms with van der Waals surface area (Å²) < 4.78 is 31.2. The molecule has 0 spiro atoms. The van der Waals surface area contributed by atoms with Gasteiger partial charge in [0.15, 0.2) is 0 Å². The Morgan fingerprint density at radius 2 is 2.33 bits per heavy atom. The van der Waals surface area contributed by atoms with E-state index in [-0.39, 0.29) is 0 Å². The van der Waals surface area contributed by atoms with Gasteiger partial charge in [0.2, 0.25) is 0 Å². The van der Waals surface area contributed by atoms with Gasteiger partial charge in [-0.05, 0) is 6.42 Å². The van der Waals surface area contributed by atoms with Crippen molar-refractivity contribution in [2.75, 3.05) is 26.2 Å². The number of hydrogen-bond acceptors (Lipinski definition) is 3. The van der Waals surface area contributed by atoms with E-state index in [4.69, 9.17) is 4.74 Å². The molecule has 0 amide bonds. The highest BCUT2D eigenvalue weighted by Gasteiger charge is 2.30. The minimum atomic E-state index is -3.13. The molecule has 1 atom stereocenters. The van der Waals surface area contributed by atoms with Gasteiger partial charge in [-0.25, -0.2) is 4.72 Å². The molecule has 0 aromatic rings. The van der Waals surface area contributed by atoms with Crippen LogP contribution in [0.25, 0.3) is 0 Å². The van der Waals surface area contributed by atoms with Crippen molar-refractivity contribution in [1.82, 2.24) is 9.03 Å². The summed E-state index contributed by atoms with van der Waals surface area (Å²) in [6.07, 6.45) is 1.13. The zero-order valence-corrected chi connectivity index (χ0v) is 7.51. The molecule has 0 saturated carbocycles. The second kappa shape index (κ2) is 2.95. The molecule has 1 unspecified atom stereocenters. The maximum Gasteiger partial charge on any atom is 0.279 e. The molecule has 2 saturated heterocycles. The molecule has 6 heteroatoms. The summed E-state index contributed by atoms with van der Waals surface area (Å²) in [5.41, 5.74) is 0. The monoisotopic (exact) mass is 192 g/mol. The zero-order chi connectivity index (χ0) is 8.60. The lowest BCUT2D eigenvalue weighted by atomic mass is 10.3. The first-order valence-corrected chi connectivity index (χ1v) is 5.49. The Bertz CT molecular complexity index is 260. The van der Waals surface area contributed by atoms with Crippen molar-refractivity contribution < 1.29 is 13.2 Å². The van der Waals surface area contributed by atoms with E-state index in [1.165, 1.54) is 4.31 Å². The van der Waals surface area contributed by atoms with Crippen LogP contribution in [0.2, 0.25) is 0 Å². The molecule has 70 valence electrons. The lowest BCUT2D eigenvalue weighted by molar-refractivity contribution is 0.364. The van der Waals surface area contributed by atoms with Crippen molar-refractivity contribution in [3.63, 3.8) is 0 Å². The van der Waals surface area contributed by atoms with Crippen LogP contribution in [0.1, 0.15) is 6.42 Å². The van der Waals surface area contributed by atoms with E-state index in [0.717, 1.165) is 13.0 Å². The van der Waals surface area contributed by atoms with Crippen LogP contribution in [-0.2, 0) is 14.9 Å². The zero-order valence-electron chi connectivity index (χ0n) is 6.69. The Balaban J connectivity index is 1.85. The van der Waals surface area contributed by atoms with Crippen molar-refractivity contribution in [2.45, 2.75) is 12.5 Å². The number of ether oxygens (including phenoxy) is 1. The summed E-state index contributed by atoms with van der Waals surface area (Å²) >= 11 is 0. The molecule has 0 aromatic heterocycles. The molecule has 1 N–H and O–H groups in total. The minimum absolute atomic E-state index is 0.306. The average Bonchev–Trinajstić information content (AvgIpc) is 2.74. The first-order chi connectivity index (χ1) is 5.68. The number of epoxide rings is 1. The van der Waals surface area contributed by atoms with E-state index in [9.17, 15) is 8.42 Å². The van der Waals surface area contributed by atoms with Crippen LogP contribution < -0.4 is 4.72 Å². The Hall–Kier alpha value is -0.170. The smallest absolute Gasteiger partial charge is 0.279 e. The van der Waals surface area contributed by atoms with Crippen molar-refractivity contribution in [3.05, 3.63) is 0 Å². The molecule has 0 aromatic carbocycles. The van der Waals surface area contributed by atoms with Crippen LogP contribution in [0, 0.1) is 0 Å². The fraction of sp³-hybridized carbons (Fsp3) is 1.00. The maximum atomic E-state index is 11.2. The summed E-state index contributed by atoms with van der Waals surface area (Å²) in [6.45, 7) is 2.50. The molecular formula is C6H12N2O3S. The predicted molar refractivity (Wildman–Crippen MR) is 42.9 cm³/mol. The highest BCUT2D eigenvalue weighted by Crippen LogP contribution is 2.15. The van der Waals surface area contributed by atoms with Crippen LogP contribution >= 0.6 is 0 Å². The van der Waals surface area contributed by atoms with Gasteiger partial charge in [-0.3, -0.25) is 0 Å². The second-order valence-electron chi connectivity index (χ2n) is 3.04. The number of nitrogens with one attached hydrogen (secondary N) is 1. The van der Waals surface area contributed by atoms with Crippen LogP contribution in [-0.4, -0.2) is 45.1 Å². The second-order valence-corrected chi connectivity index (χ2v) is 4.80. The molecule has 0 radical (unpaired) electrons. The third-order valence-electron chi connectivity index (χ3n) is 2.09. The predicted octanol–water partition coefficient (Wildman–Crippen LogP) is -1.07. The summed E-state index contributed by atoms with van der Waals surface area (Å²) in [4.78, 5) is 0. The molecule has 2 heterocycles. The van der Waals surface area contributed by atoms with E-state index in [1.807, 2.05) is 0 Å². The van der Waals surface area contributed by atoms with Gasteiger partial charge in [-0.15, -0.1) is 0 Å². The maximum absolute atomic E-state index is 11.2. The van der Waals surface area contributed by atoms with Gasteiger partial charge in [-0.2, -0.15) is 12.7 Å². The highest BCUT2D eigenvalue weighted by molar-refractivity contribution is 7.87. The number of hydrogen-bond donors (Lipinski definition) is 1. The summed E-state index contributed by atoms with van der Waals surface area (Å²) in [5, 5.41) is 0. The quantitative estimate of drug-likeness (QED) is 0.579. The summed E-state index contributed by atoms with van der Waals surface area (Å²) in [5.74, 6) is 0. The third kappa shape index (κ3) is 1.77. The Morgan fingerprint density at radius 3 is 2.83 bits per heavy atom. The molecule has 2 fully saturated rings. The lowest BCUT2D eigenvalue weighted by Gasteiger charge is -2.11. The van der Waals surface area contributed by atoms with Gasteiger partial charge < -0.3 is 4.74 Å². The van der Waals surface area contributed by atoms with Crippen LogP contribution in [0.5, 0.6) is 0 Å². The van der Waals surface area contributed by atoms with E-state index >= 15 is 0 Å². The van der Waals surface area contributed by atoms with E-state index in [0.29, 0.717) is 25.7 Å². The van der Waals surface area contributed by atoms with Crippen molar-refractivity contribution in [2.24, 2.45) is 0 Å². The lowest BCUT2D eigenvalue weighted by Crippen LogP contribution is -2.30. The van der Waals surface area contributed by atoms with E-state index < -0.39 is 10.2 Å². The first-order valence-electron chi connectivity index (χ1n) is 4.05. The van der Waals surface area contributed by atoms with Gasteiger partial charge in [0.1, 0.15) is 0 Å². The number of nitrogens with zero attached hydrogens (tertiary/aromatic N) is 1. The molecule has 12 heavy (non-hydrogen) atoms. The van der Waals surface area contributed by atoms with Crippen LogP contribution in [0.15, 0.2) is 0 Å². The van der Waals surface area contributed by atoms with Crippen molar-refractivity contribution in [1.29, 1.82) is 0 Å². The first kappa shape index (κ1) is 8.43. The molecular weight excluding hydrogens is 180 g/mol. The van der Waals surface area contributed by atoms with Gasteiger partial charge in [-0.1, -0.05) is 0 Å². The SMILES string of the molecule is O=S1(=O)NCCN1CCC1CO1. The average molecular weight is 192 g/mol. The summed E-state index contributed by atoms with van der Waals surface area (Å²) in [7, 11) is -3.13. The third-order valence-corrected chi connectivity index (χ3v) is 3.70. The van der Waals surface area contributed by atoms with Gasteiger partial charge >= 0.3 is 0 Å². The van der Waals surface area contributed by atoms with E-state index in [1.54, 1.807) is 0 Å². The largest absolute Gasteiger partial charge is 0.373 e.